The lowest BCUT2D eigenvalue weighted by molar-refractivity contribution is -0.156. The molecule has 0 unspecified atom stereocenters. The van der Waals surface area contributed by atoms with Crippen LogP contribution in [0.4, 0.5) is 4.79 Å². The van der Waals surface area contributed by atoms with Crippen molar-refractivity contribution in [3.05, 3.63) is 35.9 Å². The lowest BCUT2D eigenvalue weighted by atomic mass is 10.1. The minimum atomic E-state index is -1.18. The molecule has 3 N–H and O–H groups in total. The molecule has 9 heteroatoms. The summed E-state index contributed by atoms with van der Waals surface area (Å²) in [6, 6.07) is 6.78. The van der Waals surface area contributed by atoms with Crippen molar-refractivity contribution in [2.24, 2.45) is 0 Å². The van der Waals surface area contributed by atoms with Gasteiger partial charge in [0.2, 0.25) is 0 Å². The molecule has 0 saturated carbocycles. The topological polar surface area (TPSA) is 114 Å². The summed E-state index contributed by atoms with van der Waals surface area (Å²) in [4.78, 5) is 48.4. The summed E-state index contributed by atoms with van der Waals surface area (Å²) in [6.07, 6.45) is 1.04. The van der Waals surface area contributed by atoms with Gasteiger partial charge in [0.05, 0.1) is 0 Å². The molecule has 0 heterocycles. The van der Waals surface area contributed by atoms with Crippen LogP contribution in [0.5, 0.6) is 0 Å². The molecular formula is C19H27N3O5S. The monoisotopic (exact) mass is 409 g/mol. The summed E-state index contributed by atoms with van der Waals surface area (Å²) in [5.41, 5.74) is 0.417. The molecule has 0 saturated heterocycles. The Bertz CT molecular complexity index is 681. The lowest BCUT2D eigenvalue weighted by Gasteiger charge is -2.20. The number of carbonyl (C=O) groups is 4. The van der Waals surface area contributed by atoms with Crippen LogP contribution < -0.4 is 16.0 Å². The fourth-order valence-electron chi connectivity index (χ4n) is 2.14. The molecule has 0 spiro atoms. The molecule has 2 atom stereocenters. The molecule has 4 amide bonds. The van der Waals surface area contributed by atoms with E-state index in [1.807, 2.05) is 6.26 Å². The van der Waals surface area contributed by atoms with E-state index < -0.39 is 36.0 Å². The molecule has 154 valence electrons. The maximum atomic E-state index is 12.5. The van der Waals surface area contributed by atoms with E-state index in [1.165, 1.54) is 18.7 Å². The van der Waals surface area contributed by atoms with Crippen molar-refractivity contribution in [1.29, 1.82) is 0 Å². The highest BCUT2D eigenvalue weighted by molar-refractivity contribution is 7.98. The number of thioether (sulfide) groups is 1. The predicted octanol–water partition coefficient (Wildman–Crippen LogP) is 1.70. The zero-order chi connectivity index (χ0) is 21.1. The first-order valence-corrected chi connectivity index (χ1v) is 10.3. The molecule has 1 rings (SSSR count). The highest BCUT2D eigenvalue weighted by Gasteiger charge is 2.27. The Hall–Kier alpha value is -2.55. The Morgan fingerprint density at radius 1 is 1.04 bits per heavy atom. The van der Waals surface area contributed by atoms with E-state index in [4.69, 9.17) is 4.74 Å². The van der Waals surface area contributed by atoms with E-state index in [2.05, 4.69) is 16.0 Å². The molecule has 28 heavy (non-hydrogen) atoms. The summed E-state index contributed by atoms with van der Waals surface area (Å²) >= 11 is 1.52. The largest absolute Gasteiger partial charge is 0.451 e. The summed E-state index contributed by atoms with van der Waals surface area (Å²) in [5.74, 6) is -1.27. The minimum absolute atomic E-state index is 0.144. The Labute approximate surface area is 169 Å². The van der Waals surface area contributed by atoms with Crippen LogP contribution in [0, 0.1) is 0 Å². The SMILES string of the molecule is CSCC[C@H](NC(=O)c1ccccc1)C(=O)O[C@@H](C)C(=O)NC(=O)NC(C)C. The van der Waals surface area contributed by atoms with Gasteiger partial charge in [0, 0.05) is 11.6 Å². The van der Waals surface area contributed by atoms with E-state index in [9.17, 15) is 19.2 Å². The Morgan fingerprint density at radius 3 is 2.25 bits per heavy atom. The normalized spacial score (nSPS) is 12.6. The molecule has 0 bridgehead atoms. The van der Waals surface area contributed by atoms with Crippen molar-refractivity contribution >= 4 is 35.6 Å². The molecule has 0 aliphatic carbocycles. The van der Waals surface area contributed by atoms with E-state index in [0.717, 1.165) is 0 Å². The molecule has 8 nitrogen and oxygen atoms in total. The maximum Gasteiger partial charge on any atom is 0.329 e. The van der Waals surface area contributed by atoms with Gasteiger partial charge in [-0.2, -0.15) is 11.8 Å². The van der Waals surface area contributed by atoms with Crippen molar-refractivity contribution in [3.63, 3.8) is 0 Å². The van der Waals surface area contributed by atoms with Gasteiger partial charge in [-0.15, -0.1) is 0 Å². The van der Waals surface area contributed by atoms with Gasteiger partial charge in [-0.1, -0.05) is 18.2 Å². The van der Waals surface area contributed by atoms with Gasteiger partial charge in [0.1, 0.15) is 6.04 Å². The van der Waals surface area contributed by atoms with E-state index in [0.29, 0.717) is 17.7 Å². The van der Waals surface area contributed by atoms with Gasteiger partial charge in [-0.05, 0) is 51.3 Å². The fourth-order valence-corrected chi connectivity index (χ4v) is 2.61. The van der Waals surface area contributed by atoms with Crippen LogP contribution in [-0.4, -0.2) is 54.0 Å². The number of nitrogens with one attached hydrogen (secondary N) is 3. The van der Waals surface area contributed by atoms with Crippen molar-refractivity contribution in [1.82, 2.24) is 16.0 Å². The number of esters is 1. The van der Waals surface area contributed by atoms with Crippen LogP contribution >= 0.6 is 11.8 Å². The fraction of sp³-hybridized carbons (Fsp3) is 0.474. The molecular weight excluding hydrogens is 382 g/mol. The second-order valence-electron chi connectivity index (χ2n) is 6.37. The third kappa shape index (κ3) is 8.43. The number of benzene rings is 1. The van der Waals surface area contributed by atoms with Gasteiger partial charge in [0.25, 0.3) is 11.8 Å². The first kappa shape index (κ1) is 23.5. The smallest absolute Gasteiger partial charge is 0.329 e. The second-order valence-corrected chi connectivity index (χ2v) is 7.36. The van der Waals surface area contributed by atoms with E-state index in [-0.39, 0.29) is 6.04 Å². The summed E-state index contributed by atoms with van der Waals surface area (Å²) in [6.45, 7) is 4.86. The van der Waals surface area contributed by atoms with Crippen LogP contribution in [-0.2, 0) is 14.3 Å². The molecule has 0 radical (unpaired) electrons. The molecule has 0 fully saturated rings. The summed E-state index contributed by atoms with van der Waals surface area (Å²) in [5, 5.41) is 7.25. The highest BCUT2D eigenvalue weighted by Crippen LogP contribution is 2.07. The van der Waals surface area contributed by atoms with Gasteiger partial charge in [0.15, 0.2) is 6.10 Å². The molecule has 1 aromatic rings. The zero-order valence-electron chi connectivity index (χ0n) is 16.5. The Balaban J connectivity index is 2.69. The third-order valence-electron chi connectivity index (χ3n) is 3.56. The highest BCUT2D eigenvalue weighted by atomic mass is 32.2. The number of urea groups is 1. The lowest BCUT2D eigenvalue weighted by Crippen LogP contribution is -2.48. The quantitative estimate of drug-likeness (QED) is 0.535. The number of ether oxygens (including phenoxy) is 1. The first-order chi connectivity index (χ1) is 13.2. The number of rotatable bonds is 9. The predicted molar refractivity (Wildman–Crippen MR) is 108 cm³/mol. The average molecular weight is 410 g/mol. The summed E-state index contributed by atoms with van der Waals surface area (Å²) < 4.78 is 5.16. The van der Waals surface area contributed by atoms with Crippen molar-refractivity contribution in [2.75, 3.05) is 12.0 Å². The number of carbonyl (C=O) groups excluding carboxylic acids is 4. The Morgan fingerprint density at radius 2 is 1.68 bits per heavy atom. The van der Waals surface area contributed by atoms with Crippen LogP contribution in [0.25, 0.3) is 0 Å². The van der Waals surface area contributed by atoms with Crippen LogP contribution in [0.1, 0.15) is 37.6 Å². The minimum Gasteiger partial charge on any atom is -0.451 e. The number of imide groups is 1. The number of hydrogen-bond donors (Lipinski definition) is 3. The second kappa shape index (κ2) is 12.0. The van der Waals surface area contributed by atoms with Gasteiger partial charge in [-0.25, -0.2) is 9.59 Å². The van der Waals surface area contributed by atoms with Gasteiger partial charge in [-0.3, -0.25) is 14.9 Å². The molecule has 0 aliphatic heterocycles. The first-order valence-electron chi connectivity index (χ1n) is 8.91. The van der Waals surface area contributed by atoms with Crippen LogP contribution in [0.3, 0.4) is 0 Å². The van der Waals surface area contributed by atoms with E-state index in [1.54, 1.807) is 44.2 Å². The van der Waals surface area contributed by atoms with Crippen molar-refractivity contribution in [3.8, 4) is 0 Å². The maximum absolute atomic E-state index is 12.5. The van der Waals surface area contributed by atoms with Crippen LogP contribution in [0.15, 0.2) is 30.3 Å². The molecule has 0 aromatic heterocycles. The molecule has 1 aromatic carbocycles. The number of amides is 4. The van der Waals surface area contributed by atoms with Gasteiger partial charge < -0.3 is 15.4 Å². The number of hydrogen-bond acceptors (Lipinski definition) is 6. The standard InChI is InChI=1S/C19H27N3O5S/c1-12(2)20-19(26)22-16(23)13(3)27-18(25)15(10-11-28-4)21-17(24)14-8-6-5-7-9-14/h5-9,12-13,15H,10-11H2,1-4H3,(H,21,24)(H2,20,22,23,26)/t13-,15-/m0/s1. The Kier molecular flexibility index (Phi) is 10.1. The third-order valence-corrected chi connectivity index (χ3v) is 4.20. The van der Waals surface area contributed by atoms with Crippen molar-refractivity contribution < 1.29 is 23.9 Å². The van der Waals surface area contributed by atoms with Crippen molar-refractivity contribution in [2.45, 2.75) is 45.4 Å². The summed E-state index contributed by atoms with van der Waals surface area (Å²) in [7, 11) is 0. The van der Waals surface area contributed by atoms with E-state index >= 15 is 0 Å². The zero-order valence-corrected chi connectivity index (χ0v) is 17.3. The molecule has 0 aliphatic rings. The van der Waals surface area contributed by atoms with Crippen LogP contribution in [0.2, 0.25) is 0 Å². The average Bonchev–Trinajstić information content (AvgIpc) is 2.64. The van der Waals surface area contributed by atoms with Gasteiger partial charge >= 0.3 is 12.0 Å².